The molecule has 1 fully saturated rings. The molecule has 7 nitrogen and oxygen atoms in total. The number of rotatable bonds is 5. The van der Waals surface area contributed by atoms with E-state index in [-0.39, 0.29) is 24.4 Å². The summed E-state index contributed by atoms with van der Waals surface area (Å²) in [7, 11) is 0. The summed E-state index contributed by atoms with van der Waals surface area (Å²) in [4.78, 5) is 37.3. The Kier molecular flexibility index (Phi) is 4.59. The van der Waals surface area contributed by atoms with Gasteiger partial charge in [-0.2, -0.15) is 0 Å². The fraction of sp³-hybridized carbons (Fsp3) is 0.0952. The van der Waals surface area contributed by atoms with Crippen LogP contribution in [-0.4, -0.2) is 27.3 Å². The molecule has 0 aliphatic carbocycles. The summed E-state index contributed by atoms with van der Waals surface area (Å²) < 4.78 is 15.6. The molecule has 2 aromatic carbocycles. The maximum absolute atomic E-state index is 13.9. The predicted octanol–water partition coefficient (Wildman–Crippen LogP) is 2.36. The lowest BCUT2D eigenvalue weighted by Crippen LogP contribution is -2.30. The van der Waals surface area contributed by atoms with Crippen LogP contribution in [-0.2, 0) is 22.7 Å². The van der Waals surface area contributed by atoms with Crippen LogP contribution in [0.25, 0.3) is 17.0 Å². The first-order valence-electron chi connectivity index (χ1n) is 8.88. The van der Waals surface area contributed by atoms with Crippen LogP contribution < -0.4 is 11.1 Å². The zero-order chi connectivity index (χ0) is 20.5. The summed E-state index contributed by atoms with van der Waals surface area (Å²) in [5.41, 5.74) is 7.06. The molecule has 2 heterocycles. The summed E-state index contributed by atoms with van der Waals surface area (Å²) in [6.45, 7) is -0.179. The van der Waals surface area contributed by atoms with Gasteiger partial charge in [0.05, 0.1) is 6.54 Å². The second kappa shape index (κ2) is 7.23. The third-order valence-electron chi connectivity index (χ3n) is 4.69. The molecular weight excluding hydrogens is 375 g/mol. The van der Waals surface area contributed by atoms with Crippen molar-refractivity contribution in [1.29, 1.82) is 0 Å². The van der Waals surface area contributed by atoms with Crippen molar-refractivity contribution in [1.82, 2.24) is 14.8 Å². The standard InChI is InChI=1S/C21H17FN4O3/c22-16-7-3-1-5-13(16)11-26-20(28)17(24-21(26)29)9-14-10-25(12-19(23)27)18-8-4-2-6-15(14)18/h1-10H,11-12H2,(H2,23,27)(H,24,29)/b17-9-. The molecule has 4 amide bonds. The molecule has 1 aliphatic rings. The number of primary amides is 1. The second-order valence-electron chi connectivity index (χ2n) is 6.67. The Balaban J connectivity index is 1.67. The molecule has 0 atom stereocenters. The average Bonchev–Trinajstić information content (AvgIpc) is 3.15. The Labute approximate surface area is 165 Å². The van der Waals surface area contributed by atoms with Gasteiger partial charge in [-0.1, -0.05) is 36.4 Å². The molecule has 1 saturated heterocycles. The fourth-order valence-electron chi connectivity index (χ4n) is 3.36. The van der Waals surface area contributed by atoms with Crippen LogP contribution in [0.3, 0.4) is 0 Å². The van der Waals surface area contributed by atoms with E-state index in [9.17, 15) is 18.8 Å². The lowest BCUT2D eigenvalue weighted by atomic mass is 10.1. The van der Waals surface area contributed by atoms with Crippen molar-refractivity contribution in [2.75, 3.05) is 0 Å². The summed E-state index contributed by atoms with van der Waals surface area (Å²) in [5, 5.41) is 3.33. The quantitative estimate of drug-likeness (QED) is 0.515. The molecule has 0 unspecified atom stereocenters. The number of nitrogens with zero attached hydrogens (tertiary/aromatic N) is 2. The molecule has 4 rings (SSSR count). The number of hydrogen-bond acceptors (Lipinski definition) is 3. The third-order valence-corrected chi connectivity index (χ3v) is 4.69. The normalized spacial score (nSPS) is 15.3. The van der Waals surface area contributed by atoms with Gasteiger partial charge >= 0.3 is 6.03 Å². The Morgan fingerprint density at radius 2 is 1.83 bits per heavy atom. The number of amides is 4. The SMILES string of the molecule is NC(=O)Cn1cc(/C=C2\NC(=O)N(Cc3ccccc3F)C2=O)c2ccccc21. The van der Waals surface area contributed by atoms with Gasteiger partial charge in [-0.15, -0.1) is 0 Å². The average molecular weight is 392 g/mol. The van der Waals surface area contributed by atoms with Crippen LogP contribution in [0.1, 0.15) is 11.1 Å². The van der Waals surface area contributed by atoms with Gasteiger partial charge < -0.3 is 15.6 Å². The van der Waals surface area contributed by atoms with Crippen molar-refractivity contribution < 1.29 is 18.8 Å². The number of benzene rings is 2. The number of urea groups is 1. The first kappa shape index (κ1) is 18.4. The van der Waals surface area contributed by atoms with Crippen LogP contribution >= 0.6 is 0 Å². The molecule has 0 radical (unpaired) electrons. The molecule has 0 saturated carbocycles. The molecule has 3 aromatic rings. The van der Waals surface area contributed by atoms with E-state index in [1.165, 1.54) is 18.2 Å². The topological polar surface area (TPSA) is 97.4 Å². The van der Waals surface area contributed by atoms with Crippen LogP contribution in [0.5, 0.6) is 0 Å². The lowest BCUT2D eigenvalue weighted by molar-refractivity contribution is -0.123. The first-order valence-corrected chi connectivity index (χ1v) is 8.88. The smallest absolute Gasteiger partial charge is 0.329 e. The van der Waals surface area contributed by atoms with Gasteiger partial charge in [0.1, 0.15) is 18.1 Å². The van der Waals surface area contributed by atoms with E-state index in [0.717, 1.165) is 15.8 Å². The highest BCUT2D eigenvalue weighted by molar-refractivity contribution is 6.14. The minimum atomic E-state index is -0.620. The number of aromatic nitrogens is 1. The molecule has 146 valence electrons. The molecule has 1 aliphatic heterocycles. The second-order valence-corrected chi connectivity index (χ2v) is 6.67. The minimum absolute atomic E-state index is 0.0105. The van der Waals surface area contributed by atoms with Crippen molar-refractivity contribution >= 4 is 34.8 Å². The van der Waals surface area contributed by atoms with Crippen LogP contribution in [0.4, 0.5) is 9.18 Å². The Morgan fingerprint density at radius 1 is 1.10 bits per heavy atom. The van der Waals surface area contributed by atoms with E-state index in [0.29, 0.717) is 5.56 Å². The zero-order valence-corrected chi connectivity index (χ0v) is 15.3. The molecule has 3 N–H and O–H groups in total. The van der Waals surface area contributed by atoms with Crippen molar-refractivity contribution in [3.8, 4) is 0 Å². The molecule has 29 heavy (non-hydrogen) atoms. The van der Waals surface area contributed by atoms with E-state index in [4.69, 9.17) is 5.73 Å². The van der Waals surface area contributed by atoms with Crippen molar-refractivity contribution in [3.05, 3.63) is 77.4 Å². The number of carbonyl (C=O) groups is 3. The maximum atomic E-state index is 13.9. The molecular formula is C21H17FN4O3. The Morgan fingerprint density at radius 3 is 2.59 bits per heavy atom. The summed E-state index contributed by atoms with van der Waals surface area (Å²) in [5.74, 6) is -1.53. The summed E-state index contributed by atoms with van der Waals surface area (Å²) in [6.07, 6.45) is 3.24. The Hall–Kier alpha value is -3.94. The van der Waals surface area contributed by atoms with E-state index in [2.05, 4.69) is 5.32 Å². The maximum Gasteiger partial charge on any atom is 0.329 e. The highest BCUT2D eigenvalue weighted by Gasteiger charge is 2.34. The van der Waals surface area contributed by atoms with Gasteiger partial charge in [-0.3, -0.25) is 14.5 Å². The fourth-order valence-corrected chi connectivity index (χ4v) is 3.36. The van der Waals surface area contributed by atoms with Crippen molar-refractivity contribution in [2.24, 2.45) is 5.73 Å². The number of carbonyl (C=O) groups excluding carboxylic acids is 3. The molecule has 8 heteroatoms. The number of halogens is 1. The monoisotopic (exact) mass is 392 g/mol. The Bertz CT molecular complexity index is 1180. The highest BCUT2D eigenvalue weighted by atomic mass is 19.1. The largest absolute Gasteiger partial charge is 0.368 e. The number of fused-ring (bicyclic) bond motifs is 1. The number of imide groups is 1. The van der Waals surface area contributed by atoms with Crippen LogP contribution in [0, 0.1) is 5.82 Å². The summed E-state index contributed by atoms with van der Waals surface area (Å²) >= 11 is 0. The van der Waals surface area contributed by atoms with Gasteiger partial charge in [0.25, 0.3) is 5.91 Å². The van der Waals surface area contributed by atoms with Gasteiger partial charge in [0.15, 0.2) is 0 Å². The van der Waals surface area contributed by atoms with Gasteiger partial charge in [-0.25, -0.2) is 9.18 Å². The number of hydrogen-bond donors (Lipinski definition) is 2. The van der Waals surface area contributed by atoms with Gasteiger partial charge in [-0.05, 0) is 18.2 Å². The lowest BCUT2D eigenvalue weighted by Gasteiger charge is -2.12. The zero-order valence-electron chi connectivity index (χ0n) is 15.3. The van der Waals surface area contributed by atoms with Gasteiger partial charge in [0, 0.05) is 28.2 Å². The van der Waals surface area contributed by atoms with E-state index in [1.807, 2.05) is 24.3 Å². The van der Waals surface area contributed by atoms with Crippen LogP contribution in [0.15, 0.2) is 60.4 Å². The highest BCUT2D eigenvalue weighted by Crippen LogP contribution is 2.25. The summed E-state index contributed by atoms with van der Waals surface area (Å²) in [6, 6.07) is 12.7. The van der Waals surface area contributed by atoms with E-state index in [1.54, 1.807) is 22.9 Å². The molecule has 0 bridgehead atoms. The predicted molar refractivity (Wildman–Crippen MR) is 105 cm³/mol. The molecule has 1 aromatic heterocycles. The van der Waals surface area contributed by atoms with Crippen molar-refractivity contribution in [3.63, 3.8) is 0 Å². The van der Waals surface area contributed by atoms with Gasteiger partial charge in [0.2, 0.25) is 5.91 Å². The number of para-hydroxylation sites is 1. The van der Waals surface area contributed by atoms with Crippen LogP contribution in [0.2, 0.25) is 0 Å². The van der Waals surface area contributed by atoms with E-state index < -0.39 is 23.7 Å². The minimum Gasteiger partial charge on any atom is -0.368 e. The third kappa shape index (κ3) is 3.47. The number of nitrogens with two attached hydrogens (primary N) is 1. The molecule has 0 spiro atoms. The van der Waals surface area contributed by atoms with E-state index >= 15 is 0 Å². The number of nitrogens with one attached hydrogen (secondary N) is 1. The van der Waals surface area contributed by atoms with Crippen molar-refractivity contribution in [2.45, 2.75) is 13.1 Å². The first-order chi connectivity index (χ1) is 13.9.